The van der Waals surface area contributed by atoms with Crippen molar-refractivity contribution >= 4 is 11.6 Å². The van der Waals surface area contributed by atoms with E-state index < -0.39 is 6.10 Å². The number of amides is 1. The SMILES string of the molecule is CC(O)CN1CCC(=O)N(C2CCCC2)Cc2ccccc21. The highest BCUT2D eigenvalue weighted by atomic mass is 16.3. The molecule has 0 bridgehead atoms. The second kappa shape index (κ2) is 6.69. The fraction of sp³-hybridized carbons (Fsp3) is 0.611. The number of rotatable bonds is 3. The largest absolute Gasteiger partial charge is 0.392 e. The van der Waals surface area contributed by atoms with Crippen LogP contribution in [0.4, 0.5) is 5.69 Å². The van der Waals surface area contributed by atoms with Gasteiger partial charge in [-0.3, -0.25) is 4.79 Å². The number of aliphatic hydroxyl groups is 1. The molecular formula is C18H26N2O2. The second-order valence-electron chi connectivity index (χ2n) is 6.63. The summed E-state index contributed by atoms with van der Waals surface area (Å²) in [4.78, 5) is 16.9. The van der Waals surface area contributed by atoms with E-state index in [0.717, 1.165) is 12.8 Å². The van der Waals surface area contributed by atoms with Crippen molar-refractivity contribution in [2.45, 2.75) is 57.7 Å². The molecule has 0 radical (unpaired) electrons. The number of para-hydroxylation sites is 1. The molecule has 1 aromatic carbocycles. The van der Waals surface area contributed by atoms with Gasteiger partial charge in [0.1, 0.15) is 0 Å². The predicted molar refractivity (Wildman–Crippen MR) is 87.8 cm³/mol. The average Bonchev–Trinajstić information content (AvgIpc) is 3.01. The van der Waals surface area contributed by atoms with Gasteiger partial charge in [-0.25, -0.2) is 0 Å². The average molecular weight is 302 g/mol. The van der Waals surface area contributed by atoms with Crippen molar-refractivity contribution in [3.8, 4) is 0 Å². The Hall–Kier alpha value is -1.55. The first-order chi connectivity index (χ1) is 10.6. The van der Waals surface area contributed by atoms with Crippen LogP contribution in [-0.4, -0.2) is 41.1 Å². The summed E-state index contributed by atoms with van der Waals surface area (Å²) >= 11 is 0. The van der Waals surface area contributed by atoms with Crippen LogP contribution in [0.2, 0.25) is 0 Å². The molecule has 22 heavy (non-hydrogen) atoms. The third kappa shape index (κ3) is 3.27. The van der Waals surface area contributed by atoms with E-state index >= 15 is 0 Å². The van der Waals surface area contributed by atoms with Gasteiger partial charge in [0, 0.05) is 37.8 Å². The maximum absolute atomic E-state index is 12.6. The number of β-amino-alcohol motifs (C(OH)–C–C–N with tert-alkyl or cyclic N) is 1. The molecule has 1 unspecified atom stereocenters. The number of carbonyl (C=O) groups excluding carboxylic acids is 1. The molecule has 1 amide bonds. The smallest absolute Gasteiger partial charge is 0.224 e. The lowest BCUT2D eigenvalue weighted by atomic mass is 10.1. The summed E-state index contributed by atoms with van der Waals surface area (Å²) in [5.41, 5.74) is 2.36. The lowest BCUT2D eigenvalue weighted by molar-refractivity contribution is -0.134. The first-order valence-electron chi connectivity index (χ1n) is 8.45. The maximum Gasteiger partial charge on any atom is 0.224 e. The molecule has 4 heteroatoms. The molecule has 1 heterocycles. The minimum absolute atomic E-state index is 0.261. The predicted octanol–water partition coefficient (Wildman–Crippen LogP) is 2.55. The molecule has 120 valence electrons. The molecule has 0 saturated heterocycles. The van der Waals surface area contributed by atoms with E-state index in [1.54, 1.807) is 6.92 Å². The number of aliphatic hydroxyl groups excluding tert-OH is 1. The van der Waals surface area contributed by atoms with Crippen LogP contribution in [0, 0.1) is 0 Å². The molecule has 0 aromatic heterocycles. The number of fused-ring (bicyclic) bond motifs is 1. The normalized spacial score (nSPS) is 21.5. The van der Waals surface area contributed by atoms with E-state index in [0.29, 0.717) is 32.1 Å². The highest BCUT2D eigenvalue weighted by molar-refractivity contribution is 5.78. The van der Waals surface area contributed by atoms with E-state index in [2.05, 4.69) is 21.9 Å². The van der Waals surface area contributed by atoms with Crippen LogP contribution in [-0.2, 0) is 11.3 Å². The Labute approximate surface area is 132 Å². The Morgan fingerprint density at radius 3 is 2.73 bits per heavy atom. The van der Waals surface area contributed by atoms with Crippen molar-refractivity contribution in [1.29, 1.82) is 0 Å². The van der Waals surface area contributed by atoms with Crippen LogP contribution in [0.15, 0.2) is 24.3 Å². The van der Waals surface area contributed by atoms with E-state index in [1.165, 1.54) is 24.1 Å². The fourth-order valence-electron chi connectivity index (χ4n) is 3.78. The highest BCUT2D eigenvalue weighted by Crippen LogP contribution is 2.30. The van der Waals surface area contributed by atoms with Crippen LogP contribution in [0.5, 0.6) is 0 Å². The number of hydrogen-bond donors (Lipinski definition) is 1. The van der Waals surface area contributed by atoms with Gasteiger partial charge in [-0.15, -0.1) is 0 Å². The Morgan fingerprint density at radius 1 is 1.27 bits per heavy atom. The van der Waals surface area contributed by atoms with E-state index in [1.807, 2.05) is 12.1 Å². The molecule has 3 rings (SSSR count). The zero-order valence-corrected chi connectivity index (χ0v) is 13.4. The number of nitrogens with zero attached hydrogens (tertiary/aromatic N) is 2. The van der Waals surface area contributed by atoms with E-state index in [4.69, 9.17) is 0 Å². The lowest BCUT2D eigenvalue weighted by Gasteiger charge is -2.36. The van der Waals surface area contributed by atoms with Gasteiger partial charge in [-0.1, -0.05) is 31.0 Å². The van der Waals surface area contributed by atoms with Crippen molar-refractivity contribution in [2.75, 3.05) is 18.0 Å². The summed E-state index contributed by atoms with van der Waals surface area (Å²) in [6.07, 6.45) is 4.91. The molecule has 1 aliphatic carbocycles. The highest BCUT2D eigenvalue weighted by Gasteiger charge is 2.29. The Bertz CT molecular complexity index is 524. The molecule has 1 atom stereocenters. The first-order valence-corrected chi connectivity index (χ1v) is 8.45. The van der Waals surface area contributed by atoms with Crippen LogP contribution < -0.4 is 4.90 Å². The lowest BCUT2D eigenvalue weighted by Crippen LogP contribution is -2.43. The van der Waals surface area contributed by atoms with Crippen molar-refractivity contribution in [2.24, 2.45) is 0 Å². The molecule has 2 aliphatic rings. The first kappa shape index (κ1) is 15.3. The molecule has 1 fully saturated rings. The Balaban J connectivity index is 1.88. The second-order valence-corrected chi connectivity index (χ2v) is 6.63. The van der Waals surface area contributed by atoms with Crippen LogP contribution in [0.1, 0.15) is 44.6 Å². The van der Waals surface area contributed by atoms with Gasteiger partial charge in [0.15, 0.2) is 0 Å². The minimum atomic E-state index is -0.395. The monoisotopic (exact) mass is 302 g/mol. The molecule has 4 nitrogen and oxygen atoms in total. The summed E-state index contributed by atoms with van der Waals surface area (Å²) in [6, 6.07) is 8.73. The molecule has 1 aliphatic heterocycles. The standard InChI is InChI=1S/C18H26N2O2/c1-14(21)12-19-11-10-18(22)20(16-7-3-4-8-16)13-15-6-2-5-9-17(15)19/h2,5-6,9,14,16,21H,3-4,7-8,10-13H2,1H3. The van der Waals surface area contributed by atoms with Crippen molar-refractivity contribution in [1.82, 2.24) is 4.90 Å². The summed E-state index contributed by atoms with van der Waals surface area (Å²) in [5, 5.41) is 9.75. The molecule has 1 N–H and O–H groups in total. The van der Waals surface area contributed by atoms with E-state index in [9.17, 15) is 9.90 Å². The quantitative estimate of drug-likeness (QED) is 0.933. The van der Waals surface area contributed by atoms with Crippen molar-refractivity contribution in [3.63, 3.8) is 0 Å². The number of hydrogen-bond acceptors (Lipinski definition) is 3. The Morgan fingerprint density at radius 2 is 2.00 bits per heavy atom. The topological polar surface area (TPSA) is 43.8 Å². The summed E-state index contributed by atoms with van der Waals surface area (Å²) in [6.45, 7) is 3.77. The van der Waals surface area contributed by atoms with Crippen LogP contribution in [0.25, 0.3) is 0 Å². The zero-order valence-electron chi connectivity index (χ0n) is 13.4. The zero-order chi connectivity index (χ0) is 15.5. The number of benzene rings is 1. The van der Waals surface area contributed by atoms with Crippen molar-refractivity contribution in [3.05, 3.63) is 29.8 Å². The van der Waals surface area contributed by atoms with Crippen LogP contribution >= 0.6 is 0 Å². The third-order valence-corrected chi connectivity index (χ3v) is 4.84. The fourth-order valence-corrected chi connectivity index (χ4v) is 3.78. The van der Waals surface area contributed by atoms with Gasteiger partial charge in [-0.2, -0.15) is 0 Å². The van der Waals surface area contributed by atoms with Gasteiger partial charge in [0.25, 0.3) is 0 Å². The third-order valence-electron chi connectivity index (χ3n) is 4.84. The van der Waals surface area contributed by atoms with Gasteiger partial charge in [0.05, 0.1) is 6.10 Å². The molecular weight excluding hydrogens is 276 g/mol. The number of carbonyl (C=O) groups is 1. The summed E-state index contributed by atoms with van der Waals surface area (Å²) in [5.74, 6) is 0.261. The van der Waals surface area contributed by atoms with Gasteiger partial charge in [0.2, 0.25) is 5.91 Å². The number of anilines is 1. The van der Waals surface area contributed by atoms with Crippen molar-refractivity contribution < 1.29 is 9.90 Å². The van der Waals surface area contributed by atoms with Gasteiger partial charge < -0.3 is 14.9 Å². The molecule has 1 aromatic rings. The summed E-state index contributed by atoms with van der Waals surface area (Å²) < 4.78 is 0. The van der Waals surface area contributed by atoms with Gasteiger partial charge in [-0.05, 0) is 31.4 Å². The maximum atomic E-state index is 12.6. The molecule has 1 saturated carbocycles. The van der Waals surface area contributed by atoms with E-state index in [-0.39, 0.29) is 5.91 Å². The Kier molecular flexibility index (Phi) is 4.67. The minimum Gasteiger partial charge on any atom is -0.392 e. The van der Waals surface area contributed by atoms with Crippen LogP contribution in [0.3, 0.4) is 0 Å². The van der Waals surface area contributed by atoms with Gasteiger partial charge >= 0.3 is 0 Å². The summed E-state index contributed by atoms with van der Waals surface area (Å²) in [7, 11) is 0. The molecule has 0 spiro atoms.